The summed E-state index contributed by atoms with van der Waals surface area (Å²) in [6.45, 7) is 10.7. The van der Waals surface area contributed by atoms with Gasteiger partial charge in [0, 0.05) is 31.7 Å². The molecule has 1 aliphatic rings. The molecule has 0 saturated carbocycles. The lowest BCUT2D eigenvalue weighted by atomic mass is 9.68. The summed E-state index contributed by atoms with van der Waals surface area (Å²) in [7, 11) is 0. The van der Waals surface area contributed by atoms with Gasteiger partial charge in [-0.1, -0.05) is 58.0 Å². The zero-order valence-electron chi connectivity index (χ0n) is 20.9. The lowest BCUT2D eigenvalue weighted by molar-refractivity contribution is -0.123. The number of carbonyl (C=O) groups excluding carboxylic acids is 2. The standard InChI is InChI=1S/C28H39N3O3/c1-5-15-29-27(34)18-24(30-26(33)6-2)23-12-7-8-13-25(23)31-16-14-28(4,20(3)19-31)21-10-9-11-22(32)17-21/h7-13,17,20,24,32H,5-6,14-16,18-19H2,1-4H3,(H,29,34)(H,30,33). The molecule has 184 valence electrons. The summed E-state index contributed by atoms with van der Waals surface area (Å²) in [6, 6.07) is 15.3. The van der Waals surface area contributed by atoms with E-state index in [0.29, 0.717) is 24.6 Å². The van der Waals surface area contributed by atoms with Crippen molar-refractivity contribution in [3.8, 4) is 5.75 Å². The van der Waals surface area contributed by atoms with Gasteiger partial charge < -0.3 is 20.6 Å². The van der Waals surface area contributed by atoms with Crippen LogP contribution >= 0.6 is 0 Å². The molecule has 0 aliphatic carbocycles. The number of nitrogens with one attached hydrogen (secondary N) is 2. The Morgan fingerprint density at radius 1 is 1.15 bits per heavy atom. The number of benzene rings is 2. The minimum Gasteiger partial charge on any atom is -0.508 e. The summed E-state index contributed by atoms with van der Waals surface area (Å²) in [4.78, 5) is 27.3. The fourth-order valence-corrected chi connectivity index (χ4v) is 4.87. The van der Waals surface area contributed by atoms with E-state index in [9.17, 15) is 14.7 Å². The zero-order valence-corrected chi connectivity index (χ0v) is 20.9. The van der Waals surface area contributed by atoms with Crippen LogP contribution in [-0.4, -0.2) is 36.6 Å². The number of rotatable bonds is 9. The fourth-order valence-electron chi connectivity index (χ4n) is 4.87. The summed E-state index contributed by atoms with van der Waals surface area (Å²) in [5, 5.41) is 16.0. The van der Waals surface area contributed by atoms with Crippen molar-refractivity contribution in [2.24, 2.45) is 5.92 Å². The van der Waals surface area contributed by atoms with Gasteiger partial charge in [0.2, 0.25) is 11.8 Å². The van der Waals surface area contributed by atoms with Crippen molar-refractivity contribution in [1.82, 2.24) is 10.6 Å². The van der Waals surface area contributed by atoms with Crippen molar-refractivity contribution in [3.63, 3.8) is 0 Å². The number of phenolic OH excluding ortho intramolecular Hbond substituents is 1. The molecule has 34 heavy (non-hydrogen) atoms. The number of amides is 2. The molecule has 2 amide bonds. The quantitative estimate of drug-likeness (QED) is 0.502. The molecule has 3 rings (SSSR count). The van der Waals surface area contributed by atoms with Crippen molar-refractivity contribution in [1.29, 1.82) is 0 Å². The summed E-state index contributed by atoms with van der Waals surface area (Å²) in [6.07, 6.45) is 2.40. The number of phenols is 1. The number of piperidine rings is 1. The maximum Gasteiger partial charge on any atom is 0.222 e. The van der Waals surface area contributed by atoms with Crippen LogP contribution in [0.2, 0.25) is 0 Å². The van der Waals surface area contributed by atoms with E-state index >= 15 is 0 Å². The highest BCUT2D eigenvalue weighted by atomic mass is 16.3. The van der Waals surface area contributed by atoms with E-state index in [1.54, 1.807) is 6.07 Å². The maximum atomic E-state index is 12.6. The van der Waals surface area contributed by atoms with Crippen molar-refractivity contribution < 1.29 is 14.7 Å². The molecule has 1 heterocycles. The largest absolute Gasteiger partial charge is 0.508 e. The predicted octanol–water partition coefficient (Wildman–Crippen LogP) is 4.68. The Kier molecular flexibility index (Phi) is 8.59. The van der Waals surface area contributed by atoms with Crippen molar-refractivity contribution in [2.45, 2.75) is 64.8 Å². The van der Waals surface area contributed by atoms with Crippen LogP contribution in [0.3, 0.4) is 0 Å². The van der Waals surface area contributed by atoms with Gasteiger partial charge >= 0.3 is 0 Å². The first kappa shape index (κ1) is 25.6. The first-order valence-corrected chi connectivity index (χ1v) is 12.5. The molecule has 1 aliphatic heterocycles. The van der Waals surface area contributed by atoms with Crippen molar-refractivity contribution >= 4 is 17.5 Å². The predicted molar refractivity (Wildman–Crippen MR) is 137 cm³/mol. The van der Waals surface area contributed by atoms with E-state index in [1.807, 2.05) is 44.2 Å². The molecule has 2 aromatic carbocycles. The lowest BCUT2D eigenvalue weighted by Crippen LogP contribution is -2.48. The number of aromatic hydroxyl groups is 1. The van der Waals surface area contributed by atoms with Crippen LogP contribution in [0, 0.1) is 5.92 Å². The second-order valence-corrected chi connectivity index (χ2v) is 9.65. The van der Waals surface area contributed by atoms with Gasteiger partial charge in [0.05, 0.1) is 12.5 Å². The number of hydrogen-bond acceptors (Lipinski definition) is 4. The Labute approximate surface area is 203 Å². The Hall–Kier alpha value is -3.02. The molecule has 1 saturated heterocycles. The summed E-state index contributed by atoms with van der Waals surface area (Å²) in [5.74, 6) is 0.523. The van der Waals surface area contributed by atoms with E-state index in [0.717, 1.165) is 42.7 Å². The van der Waals surface area contributed by atoms with Gasteiger partial charge in [0.15, 0.2) is 0 Å². The number of nitrogens with zero attached hydrogens (tertiary/aromatic N) is 1. The third-order valence-corrected chi connectivity index (χ3v) is 7.26. The molecule has 1 fully saturated rings. The van der Waals surface area contributed by atoms with E-state index in [1.165, 1.54) is 0 Å². The van der Waals surface area contributed by atoms with Crippen LogP contribution in [-0.2, 0) is 15.0 Å². The normalized spacial score (nSPS) is 21.1. The first-order valence-electron chi connectivity index (χ1n) is 12.5. The van der Waals surface area contributed by atoms with Crippen LogP contribution < -0.4 is 15.5 Å². The molecule has 6 nitrogen and oxygen atoms in total. The second kappa shape index (κ2) is 11.4. The Balaban J connectivity index is 1.85. The SMILES string of the molecule is CCCNC(=O)CC(NC(=O)CC)c1ccccc1N1CCC(C)(c2cccc(O)c2)C(C)C1. The van der Waals surface area contributed by atoms with Gasteiger partial charge in [0.25, 0.3) is 0 Å². The van der Waals surface area contributed by atoms with E-state index in [-0.39, 0.29) is 29.7 Å². The highest BCUT2D eigenvalue weighted by Gasteiger charge is 2.39. The zero-order chi connectivity index (χ0) is 24.7. The summed E-state index contributed by atoms with van der Waals surface area (Å²) in [5.41, 5.74) is 3.16. The van der Waals surface area contributed by atoms with Gasteiger partial charge in [-0.2, -0.15) is 0 Å². The van der Waals surface area contributed by atoms with E-state index < -0.39 is 0 Å². The van der Waals surface area contributed by atoms with Crippen LogP contribution in [0.1, 0.15) is 70.5 Å². The maximum absolute atomic E-state index is 12.6. The van der Waals surface area contributed by atoms with Gasteiger partial charge in [-0.25, -0.2) is 0 Å². The molecule has 0 bridgehead atoms. The average Bonchev–Trinajstić information content (AvgIpc) is 2.84. The van der Waals surface area contributed by atoms with Crippen molar-refractivity contribution in [2.75, 3.05) is 24.5 Å². The Morgan fingerprint density at radius 2 is 1.91 bits per heavy atom. The smallest absolute Gasteiger partial charge is 0.222 e. The molecule has 6 heteroatoms. The van der Waals surface area contributed by atoms with E-state index in [2.05, 4.69) is 41.5 Å². The van der Waals surface area contributed by atoms with Gasteiger partial charge in [-0.05, 0) is 53.5 Å². The minimum absolute atomic E-state index is 0.0416. The van der Waals surface area contributed by atoms with Crippen molar-refractivity contribution in [3.05, 3.63) is 59.7 Å². The molecular weight excluding hydrogens is 426 g/mol. The number of hydrogen-bond donors (Lipinski definition) is 3. The van der Waals surface area contributed by atoms with Crippen LogP contribution in [0.15, 0.2) is 48.5 Å². The Bertz CT molecular complexity index is 992. The highest BCUT2D eigenvalue weighted by Crippen LogP contribution is 2.42. The lowest BCUT2D eigenvalue weighted by Gasteiger charge is -2.46. The first-order chi connectivity index (χ1) is 16.3. The Morgan fingerprint density at radius 3 is 2.59 bits per heavy atom. The second-order valence-electron chi connectivity index (χ2n) is 9.65. The van der Waals surface area contributed by atoms with Crippen LogP contribution in [0.5, 0.6) is 5.75 Å². The number of para-hydroxylation sites is 1. The third-order valence-electron chi connectivity index (χ3n) is 7.26. The van der Waals surface area contributed by atoms with Gasteiger partial charge in [-0.3, -0.25) is 9.59 Å². The van der Waals surface area contributed by atoms with Gasteiger partial charge in [0.1, 0.15) is 5.75 Å². The average molecular weight is 466 g/mol. The summed E-state index contributed by atoms with van der Waals surface area (Å²) >= 11 is 0. The highest BCUT2D eigenvalue weighted by molar-refractivity contribution is 5.80. The number of carbonyl (C=O) groups is 2. The molecule has 0 aromatic heterocycles. The minimum atomic E-state index is -0.379. The topological polar surface area (TPSA) is 81.7 Å². The van der Waals surface area contributed by atoms with Crippen LogP contribution in [0.25, 0.3) is 0 Å². The molecule has 3 N–H and O–H groups in total. The molecular formula is C28H39N3O3. The third kappa shape index (κ3) is 5.91. The molecule has 3 unspecified atom stereocenters. The number of anilines is 1. The molecule has 2 aromatic rings. The van der Waals surface area contributed by atoms with Gasteiger partial charge in [-0.15, -0.1) is 0 Å². The van der Waals surface area contributed by atoms with E-state index in [4.69, 9.17) is 0 Å². The molecule has 3 atom stereocenters. The molecule has 0 spiro atoms. The fraction of sp³-hybridized carbons (Fsp3) is 0.500. The summed E-state index contributed by atoms with van der Waals surface area (Å²) < 4.78 is 0. The van der Waals surface area contributed by atoms with Crippen LogP contribution in [0.4, 0.5) is 5.69 Å². The monoisotopic (exact) mass is 465 g/mol. The molecule has 0 radical (unpaired) electrons.